The number of nitrogens with two attached hydrogens (primary N) is 1. The minimum absolute atomic E-state index is 0.241. The number of alkyl halides is 3. The maximum Gasteiger partial charge on any atom is 0.573 e. The molecule has 0 spiro atoms. The molecule has 1 saturated heterocycles. The molecule has 0 atom stereocenters. The number of hydrogen-bond donors (Lipinski definition) is 1. The third-order valence-corrected chi connectivity index (χ3v) is 4.32. The SMILES string of the molecule is NCc1nn(-c2ccc(OC(F)(F)F)cc2)c2nccc(N3CCC3)c12. The van der Waals surface area contributed by atoms with E-state index in [2.05, 4.69) is 19.7 Å². The molecule has 2 N–H and O–H groups in total. The Kier molecular flexibility index (Phi) is 3.95. The van der Waals surface area contributed by atoms with Crippen molar-refractivity contribution in [3.05, 3.63) is 42.2 Å². The van der Waals surface area contributed by atoms with Crippen molar-refractivity contribution in [3.63, 3.8) is 0 Å². The second-order valence-corrected chi connectivity index (χ2v) is 5.97. The zero-order valence-electron chi connectivity index (χ0n) is 13.7. The highest BCUT2D eigenvalue weighted by Gasteiger charge is 2.31. The summed E-state index contributed by atoms with van der Waals surface area (Å²) in [7, 11) is 0. The van der Waals surface area contributed by atoms with Crippen LogP contribution < -0.4 is 15.4 Å². The zero-order valence-corrected chi connectivity index (χ0v) is 13.7. The zero-order chi connectivity index (χ0) is 18.3. The molecule has 6 nitrogen and oxygen atoms in total. The molecule has 136 valence electrons. The lowest BCUT2D eigenvalue weighted by Crippen LogP contribution is -2.37. The van der Waals surface area contributed by atoms with Crippen LogP contribution in [0.1, 0.15) is 12.1 Å². The molecule has 3 aromatic rings. The normalized spacial score (nSPS) is 14.5. The summed E-state index contributed by atoms with van der Waals surface area (Å²) in [6.45, 7) is 2.18. The van der Waals surface area contributed by atoms with Gasteiger partial charge in [-0.25, -0.2) is 9.67 Å². The molecule has 1 aliphatic rings. The molecule has 0 amide bonds. The molecule has 26 heavy (non-hydrogen) atoms. The first-order valence-electron chi connectivity index (χ1n) is 8.14. The van der Waals surface area contributed by atoms with Crippen LogP contribution in [-0.4, -0.2) is 34.2 Å². The molecule has 1 fully saturated rings. The van der Waals surface area contributed by atoms with E-state index in [-0.39, 0.29) is 12.3 Å². The van der Waals surface area contributed by atoms with E-state index in [1.807, 2.05) is 6.07 Å². The fourth-order valence-electron chi connectivity index (χ4n) is 3.03. The standard InChI is InChI=1S/C17H16F3N5O/c18-17(19,20)26-12-4-2-11(3-5-12)25-16-15(13(10-21)23-25)14(6-7-22-16)24-8-1-9-24/h2-7H,1,8-10,21H2. The van der Waals surface area contributed by atoms with Gasteiger partial charge < -0.3 is 15.4 Å². The third kappa shape index (κ3) is 2.94. The van der Waals surface area contributed by atoms with Crippen molar-refractivity contribution in [2.24, 2.45) is 5.73 Å². The van der Waals surface area contributed by atoms with Gasteiger partial charge in [-0.05, 0) is 36.8 Å². The average Bonchev–Trinajstić information content (AvgIpc) is 2.92. The van der Waals surface area contributed by atoms with E-state index in [1.54, 1.807) is 10.9 Å². The van der Waals surface area contributed by atoms with E-state index in [9.17, 15) is 13.2 Å². The van der Waals surface area contributed by atoms with Crippen LogP contribution in [0.15, 0.2) is 36.5 Å². The Bertz CT molecular complexity index is 932. The van der Waals surface area contributed by atoms with Gasteiger partial charge >= 0.3 is 6.36 Å². The number of benzene rings is 1. The molecule has 3 heterocycles. The molecule has 0 radical (unpaired) electrons. The summed E-state index contributed by atoms with van der Waals surface area (Å²) in [4.78, 5) is 6.65. The molecule has 2 aromatic heterocycles. The number of aromatic nitrogens is 3. The Morgan fingerprint density at radius 3 is 2.42 bits per heavy atom. The predicted molar refractivity (Wildman–Crippen MR) is 90.3 cm³/mol. The largest absolute Gasteiger partial charge is 0.573 e. The smallest absolute Gasteiger partial charge is 0.406 e. The molecule has 0 bridgehead atoms. The van der Waals surface area contributed by atoms with Crippen molar-refractivity contribution in [2.45, 2.75) is 19.3 Å². The van der Waals surface area contributed by atoms with Crippen LogP contribution >= 0.6 is 0 Å². The molecular formula is C17H16F3N5O. The van der Waals surface area contributed by atoms with Gasteiger partial charge in [0.05, 0.1) is 22.5 Å². The van der Waals surface area contributed by atoms with Crippen LogP contribution in [0.3, 0.4) is 0 Å². The van der Waals surface area contributed by atoms with E-state index >= 15 is 0 Å². The summed E-state index contributed by atoms with van der Waals surface area (Å²) in [6.07, 6.45) is -1.88. The Labute approximate surface area is 147 Å². The second kappa shape index (κ2) is 6.17. The molecule has 0 saturated carbocycles. The fraction of sp³-hybridized carbons (Fsp3) is 0.294. The third-order valence-electron chi connectivity index (χ3n) is 4.32. The van der Waals surface area contributed by atoms with E-state index in [0.29, 0.717) is 17.0 Å². The van der Waals surface area contributed by atoms with E-state index < -0.39 is 6.36 Å². The molecule has 9 heteroatoms. The number of nitrogens with zero attached hydrogens (tertiary/aromatic N) is 4. The number of anilines is 1. The maximum absolute atomic E-state index is 12.3. The first kappa shape index (κ1) is 16.6. The molecule has 1 aliphatic heterocycles. The van der Waals surface area contributed by atoms with Crippen LogP contribution in [0.2, 0.25) is 0 Å². The highest BCUT2D eigenvalue weighted by atomic mass is 19.4. The number of rotatable bonds is 4. The molecule has 4 rings (SSSR count). The summed E-state index contributed by atoms with van der Waals surface area (Å²) < 4.78 is 42.4. The number of halogens is 3. The average molecular weight is 363 g/mol. The predicted octanol–water partition coefficient (Wildman–Crippen LogP) is 2.99. The molecule has 1 aromatic carbocycles. The van der Waals surface area contributed by atoms with Gasteiger partial charge in [-0.3, -0.25) is 0 Å². The summed E-state index contributed by atoms with van der Waals surface area (Å²) >= 11 is 0. The lowest BCUT2D eigenvalue weighted by Gasteiger charge is -2.33. The van der Waals surface area contributed by atoms with E-state index in [1.165, 1.54) is 24.3 Å². The molecule has 0 unspecified atom stereocenters. The van der Waals surface area contributed by atoms with Crippen molar-refractivity contribution in [1.29, 1.82) is 0 Å². The molecular weight excluding hydrogens is 347 g/mol. The monoisotopic (exact) mass is 363 g/mol. The lowest BCUT2D eigenvalue weighted by atomic mass is 10.1. The van der Waals surface area contributed by atoms with Crippen molar-refractivity contribution < 1.29 is 17.9 Å². The van der Waals surface area contributed by atoms with Crippen LogP contribution in [-0.2, 0) is 6.54 Å². The Morgan fingerprint density at radius 1 is 1.12 bits per heavy atom. The number of fused-ring (bicyclic) bond motifs is 1. The van der Waals surface area contributed by atoms with Crippen molar-refractivity contribution >= 4 is 16.7 Å². The highest BCUT2D eigenvalue weighted by Crippen LogP contribution is 2.32. The summed E-state index contributed by atoms with van der Waals surface area (Å²) in [5, 5.41) is 5.40. The van der Waals surface area contributed by atoms with Gasteiger partial charge in [0.15, 0.2) is 5.65 Å². The van der Waals surface area contributed by atoms with Gasteiger partial charge in [0.25, 0.3) is 0 Å². The molecule has 0 aliphatic carbocycles. The van der Waals surface area contributed by atoms with Gasteiger partial charge in [-0.15, -0.1) is 13.2 Å². The van der Waals surface area contributed by atoms with Crippen molar-refractivity contribution in [3.8, 4) is 11.4 Å². The van der Waals surface area contributed by atoms with Crippen LogP contribution in [0.5, 0.6) is 5.75 Å². The van der Waals surface area contributed by atoms with Gasteiger partial charge in [0, 0.05) is 25.8 Å². The maximum atomic E-state index is 12.3. The van der Waals surface area contributed by atoms with E-state index in [4.69, 9.17) is 5.73 Å². The topological polar surface area (TPSA) is 69.2 Å². The van der Waals surface area contributed by atoms with E-state index in [0.717, 1.165) is 30.6 Å². The minimum Gasteiger partial charge on any atom is -0.406 e. The number of ether oxygens (including phenoxy) is 1. The van der Waals surface area contributed by atoms with Gasteiger partial charge in [-0.1, -0.05) is 0 Å². The van der Waals surface area contributed by atoms with Gasteiger partial charge in [0.2, 0.25) is 0 Å². The Balaban J connectivity index is 1.77. The van der Waals surface area contributed by atoms with Crippen LogP contribution in [0.25, 0.3) is 16.7 Å². The minimum atomic E-state index is -4.72. The van der Waals surface area contributed by atoms with Gasteiger partial charge in [-0.2, -0.15) is 5.10 Å². The van der Waals surface area contributed by atoms with Crippen LogP contribution in [0.4, 0.5) is 18.9 Å². The quantitative estimate of drug-likeness (QED) is 0.772. The highest BCUT2D eigenvalue weighted by molar-refractivity contribution is 5.93. The summed E-state index contributed by atoms with van der Waals surface area (Å²) in [5.41, 5.74) is 8.80. The van der Waals surface area contributed by atoms with Crippen molar-refractivity contribution in [2.75, 3.05) is 18.0 Å². The van der Waals surface area contributed by atoms with Crippen LogP contribution in [0, 0.1) is 0 Å². The summed E-state index contributed by atoms with van der Waals surface area (Å²) in [5.74, 6) is -0.286. The lowest BCUT2D eigenvalue weighted by molar-refractivity contribution is -0.274. The first-order chi connectivity index (χ1) is 12.5. The Hall–Kier alpha value is -2.81. The number of pyridine rings is 1. The summed E-state index contributed by atoms with van der Waals surface area (Å²) in [6, 6.07) is 7.44. The fourth-order valence-corrected chi connectivity index (χ4v) is 3.03. The first-order valence-corrected chi connectivity index (χ1v) is 8.14. The van der Waals surface area contributed by atoms with Crippen molar-refractivity contribution in [1.82, 2.24) is 14.8 Å². The second-order valence-electron chi connectivity index (χ2n) is 5.97. The number of hydrogen-bond acceptors (Lipinski definition) is 5. The van der Waals surface area contributed by atoms with Gasteiger partial charge in [0.1, 0.15) is 5.75 Å². The Morgan fingerprint density at radius 2 is 1.85 bits per heavy atom.